The van der Waals surface area contributed by atoms with Crippen LogP contribution in [0.15, 0.2) is 16.9 Å². The van der Waals surface area contributed by atoms with Gasteiger partial charge >= 0.3 is 0 Å². The van der Waals surface area contributed by atoms with Crippen LogP contribution in [-0.4, -0.2) is 29.6 Å². The standard InChI is InChI=1S/C20H25FN4O2/c1-10-18-14(15(20(23)27)8-17(26)25(18)13-3-4-13)7-16(21)19(10)24-6-5-12(9-24)11(2)22/h7-8,11-13H,3-6,9,22H2,1-2H3,(H2,23,27)/t11-,12?/m0/s1. The number of fused-ring (bicyclic) bond motifs is 1. The van der Waals surface area contributed by atoms with Gasteiger partial charge in [-0.2, -0.15) is 0 Å². The molecule has 27 heavy (non-hydrogen) atoms. The molecule has 0 radical (unpaired) electrons. The first-order chi connectivity index (χ1) is 12.8. The van der Waals surface area contributed by atoms with Crippen LogP contribution in [0.2, 0.25) is 0 Å². The summed E-state index contributed by atoms with van der Waals surface area (Å²) in [6.07, 6.45) is 2.73. The van der Waals surface area contributed by atoms with E-state index in [1.165, 1.54) is 12.1 Å². The Morgan fingerprint density at radius 3 is 2.56 bits per heavy atom. The maximum absolute atomic E-state index is 15.1. The van der Waals surface area contributed by atoms with Crippen molar-refractivity contribution in [3.63, 3.8) is 0 Å². The van der Waals surface area contributed by atoms with Gasteiger partial charge in [0.2, 0.25) is 5.91 Å². The summed E-state index contributed by atoms with van der Waals surface area (Å²) in [5.74, 6) is -0.805. The van der Waals surface area contributed by atoms with E-state index in [4.69, 9.17) is 11.5 Å². The second-order valence-corrected chi connectivity index (χ2v) is 7.94. The second-order valence-electron chi connectivity index (χ2n) is 7.94. The first-order valence-electron chi connectivity index (χ1n) is 9.48. The number of carbonyl (C=O) groups excluding carboxylic acids is 1. The Morgan fingerprint density at radius 2 is 2.00 bits per heavy atom. The van der Waals surface area contributed by atoms with Gasteiger partial charge < -0.3 is 20.9 Å². The molecule has 0 bridgehead atoms. The van der Waals surface area contributed by atoms with Crippen LogP contribution in [0.5, 0.6) is 0 Å². The Kier molecular flexibility index (Phi) is 4.22. The third-order valence-electron chi connectivity index (χ3n) is 5.96. The smallest absolute Gasteiger partial charge is 0.252 e. The lowest BCUT2D eigenvalue weighted by Crippen LogP contribution is -2.30. The van der Waals surface area contributed by atoms with Crippen LogP contribution < -0.4 is 21.9 Å². The first-order valence-corrected chi connectivity index (χ1v) is 9.48. The maximum Gasteiger partial charge on any atom is 0.252 e. The number of anilines is 1. The van der Waals surface area contributed by atoms with Crippen molar-refractivity contribution < 1.29 is 9.18 Å². The molecule has 1 aliphatic carbocycles. The van der Waals surface area contributed by atoms with Crippen molar-refractivity contribution in [2.24, 2.45) is 17.4 Å². The predicted molar refractivity (Wildman–Crippen MR) is 104 cm³/mol. The fourth-order valence-corrected chi connectivity index (χ4v) is 4.36. The number of primary amides is 1. The van der Waals surface area contributed by atoms with Crippen molar-refractivity contribution in [3.05, 3.63) is 39.4 Å². The Morgan fingerprint density at radius 1 is 1.30 bits per heavy atom. The normalized spacial score (nSPS) is 21.0. The summed E-state index contributed by atoms with van der Waals surface area (Å²) in [5, 5.41) is 0.413. The molecule has 1 aromatic carbocycles. The Labute approximate surface area is 156 Å². The number of amides is 1. The summed E-state index contributed by atoms with van der Waals surface area (Å²) in [7, 11) is 0. The molecule has 144 valence electrons. The largest absolute Gasteiger partial charge is 0.369 e. The molecule has 6 nitrogen and oxygen atoms in total. The van der Waals surface area contributed by atoms with Gasteiger partial charge in [-0.1, -0.05) is 0 Å². The van der Waals surface area contributed by atoms with Crippen LogP contribution in [0.1, 0.15) is 48.1 Å². The van der Waals surface area contributed by atoms with E-state index in [1.807, 2.05) is 18.7 Å². The summed E-state index contributed by atoms with van der Waals surface area (Å²) < 4.78 is 16.8. The van der Waals surface area contributed by atoms with Crippen LogP contribution in [0, 0.1) is 18.7 Å². The van der Waals surface area contributed by atoms with Crippen molar-refractivity contribution in [2.45, 2.75) is 45.2 Å². The van der Waals surface area contributed by atoms with Gasteiger partial charge in [0, 0.05) is 36.6 Å². The SMILES string of the molecule is Cc1c(N2CCC([C@H](C)N)C2)c(F)cc2c(C(N)=O)cc(=O)n(C3CC3)c12. The Bertz CT molecular complexity index is 994. The number of halogens is 1. The minimum absolute atomic E-state index is 0.0462. The summed E-state index contributed by atoms with van der Waals surface area (Å²) >= 11 is 0. The molecule has 2 atom stereocenters. The summed E-state index contributed by atoms with van der Waals surface area (Å²) in [6.45, 7) is 5.20. The quantitative estimate of drug-likeness (QED) is 0.859. The lowest BCUT2D eigenvalue weighted by Gasteiger charge is -2.25. The van der Waals surface area contributed by atoms with Gasteiger partial charge in [-0.15, -0.1) is 0 Å². The molecule has 2 aliphatic rings. The number of hydrogen-bond acceptors (Lipinski definition) is 4. The lowest BCUT2D eigenvalue weighted by molar-refractivity contribution is 0.100. The summed E-state index contributed by atoms with van der Waals surface area (Å²) in [4.78, 5) is 26.6. The van der Waals surface area contributed by atoms with Crippen LogP contribution >= 0.6 is 0 Å². The van der Waals surface area contributed by atoms with E-state index in [2.05, 4.69) is 0 Å². The molecule has 2 heterocycles. The average Bonchev–Trinajstić information content (AvgIpc) is 3.31. The number of rotatable bonds is 4. The molecular weight excluding hydrogens is 347 g/mol. The second kappa shape index (κ2) is 6.34. The zero-order chi connectivity index (χ0) is 19.5. The van der Waals surface area contributed by atoms with Crippen LogP contribution in [0.3, 0.4) is 0 Å². The van der Waals surface area contributed by atoms with E-state index in [1.54, 1.807) is 4.57 Å². The minimum Gasteiger partial charge on any atom is -0.369 e. The van der Waals surface area contributed by atoms with Gasteiger partial charge in [-0.05, 0) is 50.7 Å². The Hall–Kier alpha value is -2.41. The molecule has 2 aromatic rings. The zero-order valence-corrected chi connectivity index (χ0v) is 15.7. The maximum atomic E-state index is 15.1. The molecule has 1 saturated heterocycles. The molecule has 4 N–H and O–H groups in total. The van der Waals surface area contributed by atoms with Crippen molar-refractivity contribution in [1.82, 2.24) is 4.57 Å². The predicted octanol–water partition coefficient (Wildman–Crippen LogP) is 2.06. The number of carbonyl (C=O) groups is 1. The van der Waals surface area contributed by atoms with E-state index >= 15 is 4.39 Å². The molecule has 1 aromatic heterocycles. The number of pyridine rings is 1. The number of aryl methyl sites for hydroxylation is 1. The molecular formula is C20H25FN4O2. The minimum atomic E-state index is -0.718. The van der Waals surface area contributed by atoms with Gasteiger partial charge in [-0.25, -0.2) is 4.39 Å². The third-order valence-corrected chi connectivity index (χ3v) is 5.96. The monoisotopic (exact) mass is 372 g/mol. The van der Waals surface area contributed by atoms with E-state index in [9.17, 15) is 9.59 Å². The highest BCUT2D eigenvalue weighted by molar-refractivity contribution is 6.07. The topological polar surface area (TPSA) is 94.3 Å². The zero-order valence-electron chi connectivity index (χ0n) is 15.7. The number of benzene rings is 1. The molecule has 1 unspecified atom stereocenters. The summed E-state index contributed by atoms with van der Waals surface area (Å²) in [5.41, 5.74) is 13.1. The van der Waals surface area contributed by atoms with Crippen LogP contribution in [0.25, 0.3) is 10.9 Å². The third kappa shape index (κ3) is 2.90. The van der Waals surface area contributed by atoms with Crippen LogP contribution in [0.4, 0.5) is 10.1 Å². The van der Waals surface area contributed by atoms with Gasteiger partial charge in [0.25, 0.3) is 5.56 Å². The van der Waals surface area contributed by atoms with Crippen LogP contribution in [-0.2, 0) is 0 Å². The summed E-state index contributed by atoms with van der Waals surface area (Å²) in [6, 6.07) is 2.75. The highest BCUT2D eigenvalue weighted by Gasteiger charge is 2.32. The molecule has 2 fully saturated rings. The van der Waals surface area contributed by atoms with Gasteiger partial charge in [-0.3, -0.25) is 9.59 Å². The van der Waals surface area contributed by atoms with Gasteiger partial charge in [0.05, 0.1) is 16.8 Å². The Balaban J connectivity index is 1.96. The van der Waals surface area contributed by atoms with E-state index in [0.717, 1.165) is 25.8 Å². The number of nitrogens with zero attached hydrogens (tertiary/aromatic N) is 2. The van der Waals surface area contributed by atoms with E-state index in [0.29, 0.717) is 34.6 Å². The number of aromatic nitrogens is 1. The van der Waals surface area contributed by atoms with Crippen molar-refractivity contribution in [1.29, 1.82) is 0 Å². The van der Waals surface area contributed by atoms with Gasteiger partial charge in [0.1, 0.15) is 5.82 Å². The molecule has 7 heteroatoms. The van der Waals surface area contributed by atoms with Gasteiger partial charge in [0.15, 0.2) is 0 Å². The molecule has 1 aliphatic heterocycles. The fraction of sp³-hybridized carbons (Fsp3) is 0.500. The van der Waals surface area contributed by atoms with Crippen molar-refractivity contribution in [3.8, 4) is 0 Å². The molecule has 0 spiro atoms. The number of nitrogens with two attached hydrogens (primary N) is 2. The van der Waals surface area contributed by atoms with Crippen molar-refractivity contribution in [2.75, 3.05) is 18.0 Å². The van der Waals surface area contributed by atoms with E-state index < -0.39 is 11.7 Å². The average molecular weight is 372 g/mol. The number of hydrogen-bond donors (Lipinski definition) is 2. The van der Waals surface area contributed by atoms with E-state index in [-0.39, 0.29) is 23.2 Å². The molecule has 4 rings (SSSR count). The fourth-order valence-electron chi connectivity index (χ4n) is 4.36. The lowest BCUT2D eigenvalue weighted by atomic mass is 10.0. The highest BCUT2D eigenvalue weighted by Crippen LogP contribution is 2.40. The first kappa shape index (κ1) is 18.0. The van der Waals surface area contributed by atoms with Crippen molar-refractivity contribution >= 4 is 22.5 Å². The molecule has 1 amide bonds. The molecule has 1 saturated carbocycles. The highest BCUT2D eigenvalue weighted by atomic mass is 19.1.